The zero-order valence-corrected chi connectivity index (χ0v) is 13.5. The lowest BCUT2D eigenvalue weighted by molar-refractivity contribution is 0.0505. The molecule has 0 bridgehead atoms. The third kappa shape index (κ3) is 2.93. The number of nitrogens with zero attached hydrogens (tertiary/aromatic N) is 3. The van der Waals surface area contributed by atoms with Crippen LogP contribution >= 0.6 is 0 Å². The minimum atomic E-state index is -0.559. The molecule has 1 aromatic heterocycles. The lowest BCUT2D eigenvalue weighted by Gasteiger charge is -2.14. The van der Waals surface area contributed by atoms with Gasteiger partial charge < -0.3 is 9.75 Å². The highest BCUT2D eigenvalue weighted by atomic mass is 16.5. The molecule has 23 heavy (non-hydrogen) atoms. The number of esters is 1. The van der Waals surface area contributed by atoms with Gasteiger partial charge in [-0.25, -0.2) is 9.78 Å². The molecule has 1 atom stereocenters. The summed E-state index contributed by atoms with van der Waals surface area (Å²) in [6.07, 6.45) is 3.23. The number of fused-ring (bicyclic) bond motifs is 1. The molecule has 0 aliphatic carbocycles. The van der Waals surface area contributed by atoms with Gasteiger partial charge in [-0.15, -0.1) is 0 Å². The lowest BCUT2D eigenvalue weighted by atomic mass is 10.2. The Kier molecular flexibility index (Phi) is 4.32. The van der Waals surface area contributed by atoms with Gasteiger partial charge in [-0.3, -0.25) is 4.79 Å². The molecule has 1 aliphatic rings. The van der Waals surface area contributed by atoms with E-state index in [1.165, 1.54) is 4.68 Å². The Labute approximate surface area is 134 Å². The van der Waals surface area contributed by atoms with Crippen LogP contribution in [0.2, 0.25) is 0 Å². The average Bonchev–Trinajstić information content (AvgIpc) is 3.32. The molecule has 0 amide bonds. The molecule has 1 aromatic carbocycles. The maximum Gasteiger partial charge on any atom is 0.376 e. The van der Waals surface area contributed by atoms with Gasteiger partial charge in [0.2, 0.25) is 5.82 Å². The zero-order chi connectivity index (χ0) is 16.4. The minimum absolute atomic E-state index is 0.0644. The van der Waals surface area contributed by atoms with Gasteiger partial charge in [0.1, 0.15) is 0 Å². The molecule has 0 spiro atoms. The van der Waals surface area contributed by atoms with Crippen molar-refractivity contribution in [2.45, 2.75) is 39.2 Å². The van der Waals surface area contributed by atoms with Crippen LogP contribution in [-0.4, -0.2) is 34.8 Å². The van der Waals surface area contributed by atoms with Crippen molar-refractivity contribution in [3.05, 3.63) is 40.4 Å². The summed E-state index contributed by atoms with van der Waals surface area (Å²) in [5.74, 6) is -0.494. The zero-order valence-electron chi connectivity index (χ0n) is 13.5. The van der Waals surface area contributed by atoms with Crippen molar-refractivity contribution in [1.82, 2.24) is 9.66 Å². The minimum Gasteiger partial charge on any atom is -0.460 e. The number of benzene rings is 1. The number of rotatable bonds is 6. The Hall–Kier alpha value is -2.37. The van der Waals surface area contributed by atoms with E-state index in [4.69, 9.17) is 4.74 Å². The van der Waals surface area contributed by atoms with Gasteiger partial charge in [-0.05, 0) is 25.5 Å². The van der Waals surface area contributed by atoms with Crippen molar-refractivity contribution in [3.63, 3.8) is 0 Å². The van der Waals surface area contributed by atoms with Crippen LogP contribution in [-0.2, 0) is 4.74 Å². The van der Waals surface area contributed by atoms with Crippen LogP contribution in [0.5, 0.6) is 0 Å². The fraction of sp³-hybridized carbons (Fsp3) is 0.471. The number of carbonyl (C=O) groups excluding carboxylic acids is 1. The average molecular weight is 315 g/mol. The second kappa shape index (κ2) is 6.40. The van der Waals surface area contributed by atoms with Crippen molar-refractivity contribution in [2.75, 3.05) is 18.2 Å². The van der Waals surface area contributed by atoms with E-state index in [1.807, 2.05) is 5.01 Å². The molecule has 1 saturated heterocycles. The lowest BCUT2D eigenvalue weighted by Crippen LogP contribution is -2.36. The highest BCUT2D eigenvalue weighted by Gasteiger charge is 2.38. The van der Waals surface area contributed by atoms with Gasteiger partial charge in [-0.2, -0.15) is 4.68 Å². The van der Waals surface area contributed by atoms with Crippen LogP contribution in [0.25, 0.3) is 10.9 Å². The first-order valence-electron chi connectivity index (χ1n) is 8.13. The van der Waals surface area contributed by atoms with E-state index >= 15 is 0 Å². The first-order chi connectivity index (χ1) is 11.2. The smallest absolute Gasteiger partial charge is 0.376 e. The fourth-order valence-corrected chi connectivity index (χ4v) is 2.78. The van der Waals surface area contributed by atoms with E-state index in [2.05, 4.69) is 11.9 Å². The molecule has 2 heterocycles. The second-order valence-electron chi connectivity index (χ2n) is 5.71. The Balaban J connectivity index is 2.07. The van der Waals surface area contributed by atoms with E-state index in [-0.39, 0.29) is 18.0 Å². The highest BCUT2D eigenvalue weighted by Crippen LogP contribution is 2.22. The van der Waals surface area contributed by atoms with E-state index in [0.29, 0.717) is 16.9 Å². The van der Waals surface area contributed by atoms with Gasteiger partial charge >= 0.3 is 5.97 Å². The molecule has 6 heteroatoms. The Morgan fingerprint density at radius 1 is 1.35 bits per heavy atom. The Morgan fingerprint density at radius 3 is 2.87 bits per heavy atom. The van der Waals surface area contributed by atoms with Crippen LogP contribution in [0.3, 0.4) is 0 Å². The van der Waals surface area contributed by atoms with Crippen LogP contribution in [0, 0.1) is 0 Å². The molecule has 2 aromatic rings. The predicted octanol–water partition coefficient (Wildman–Crippen LogP) is 2.08. The third-order valence-corrected chi connectivity index (χ3v) is 4.05. The largest absolute Gasteiger partial charge is 0.460 e. The van der Waals surface area contributed by atoms with Crippen molar-refractivity contribution in [3.8, 4) is 0 Å². The molecule has 0 saturated carbocycles. The van der Waals surface area contributed by atoms with E-state index in [1.54, 1.807) is 31.2 Å². The Bertz CT molecular complexity index is 784. The molecule has 0 radical (unpaired) electrons. The number of ether oxygens (including phenoxy) is 1. The number of para-hydroxylation sites is 1. The van der Waals surface area contributed by atoms with Gasteiger partial charge in [0, 0.05) is 0 Å². The maximum absolute atomic E-state index is 12.8. The van der Waals surface area contributed by atoms with Crippen LogP contribution in [0.1, 0.15) is 43.7 Å². The number of hydrogen-bond acceptors (Lipinski definition) is 5. The first-order valence-corrected chi connectivity index (χ1v) is 8.13. The molecule has 6 nitrogen and oxygen atoms in total. The molecular weight excluding hydrogens is 294 g/mol. The number of carbonyl (C=O) groups is 1. The summed E-state index contributed by atoms with van der Waals surface area (Å²) in [4.78, 5) is 29.5. The normalized spacial score (nSPS) is 16.6. The SMILES string of the molecule is CCCCC1CN1n1c(C(=O)OCC)nc2ccccc2c1=O. The summed E-state index contributed by atoms with van der Waals surface area (Å²) in [7, 11) is 0. The summed E-state index contributed by atoms with van der Waals surface area (Å²) in [6.45, 7) is 4.90. The summed E-state index contributed by atoms with van der Waals surface area (Å²) >= 11 is 0. The van der Waals surface area contributed by atoms with Crippen LogP contribution in [0.15, 0.2) is 29.1 Å². The van der Waals surface area contributed by atoms with Gasteiger partial charge in [0.15, 0.2) is 0 Å². The van der Waals surface area contributed by atoms with Crippen LogP contribution in [0.4, 0.5) is 0 Å². The van der Waals surface area contributed by atoms with Crippen molar-refractivity contribution < 1.29 is 9.53 Å². The molecule has 1 unspecified atom stereocenters. The summed E-state index contributed by atoms with van der Waals surface area (Å²) in [6, 6.07) is 7.37. The third-order valence-electron chi connectivity index (χ3n) is 4.05. The first kappa shape index (κ1) is 15.5. The summed E-state index contributed by atoms with van der Waals surface area (Å²) < 4.78 is 6.48. The second-order valence-corrected chi connectivity index (χ2v) is 5.71. The molecular formula is C17H21N3O3. The maximum atomic E-state index is 12.8. The van der Waals surface area contributed by atoms with E-state index in [9.17, 15) is 9.59 Å². The monoisotopic (exact) mass is 315 g/mol. The molecule has 0 N–H and O–H groups in total. The molecule has 1 aliphatic heterocycles. The van der Waals surface area contributed by atoms with Crippen molar-refractivity contribution in [1.29, 1.82) is 0 Å². The number of unbranched alkanes of at least 4 members (excludes halogenated alkanes) is 1. The van der Waals surface area contributed by atoms with Crippen molar-refractivity contribution in [2.24, 2.45) is 0 Å². The number of hydrogen-bond donors (Lipinski definition) is 0. The predicted molar refractivity (Wildman–Crippen MR) is 88.4 cm³/mol. The van der Waals surface area contributed by atoms with E-state index < -0.39 is 5.97 Å². The molecule has 122 valence electrons. The van der Waals surface area contributed by atoms with Crippen LogP contribution < -0.4 is 10.6 Å². The summed E-state index contributed by atoms with van der Waals surface area (Å²) in [5, 5.41) is 2.42. The molecule has 3 rings (SSSR count). The number of aromatic nitrogens is 2. The fourth-order valence-electron chi connectivity index (χ4n) is 2.78. The van der Waals surface area contributed by atoms with Gasteiger partial charge in [0.05, 0.1) is 30.1 Å². The molecule has 1 fully saturated rings. The van der Waals surface area contributed by atoms with Gasteiger partial charge in [-0.1, -0.05) is 31.9 Å². The highest BCUT2D eigenvalue weighted by molar-refractivity contribution is 5.89. The van der Waals surface area contributed by atoms with E-state index in [0.717, 1.165) is 25.8 Å². The van der Waals surface area contributed by atoms with Gasteiger partial charge in [0.25, 0.3) is 5.56 Å². The topological polar surface area (TPSA) is 64.2 Å². The Morgan fingerprint density at radius 2 is 2.13 bits per heavy atom. The quantitative estimate of drug-likeness (QED) is 0.603. The standard InChI is InChI=1S/C17H21N3O3/c1-3-5-8-12-11-19(12)20-15(17(22)23-4-2)18-14-10-7-6-9-13(14)16(20)21/h6-7,9-10,12H,3-5,8,11H2,1-2H3. The summed E-state index contributed by atoms with van der Waals surface area (Å²) in [5.41, 5.74) is 0.307. The van der Waals surface area contributed by atoms with Crippen molar-refractivity contribution >= 4 is 16.9 Å².